The molecular formula is C28H40N2O3. The molecule has 1 heterocycles. The van der Waals surface area contributed by atoms with Crippen molar-refractivity contribution in [3.63, 3.8) is 0 Å². The first-order chi connectivity index (χ1) is 15.8. The molecule has 0 radical (unpaired) electrons. The lowest BCUT2D eigenvalue weighted by atomic mass is 9.97. The second-order valence-corrected chi connectivity index (χ2v) is 8.37. The molecule has 1 fully saturated rings. The number of nitrogens with zero attached hydrogens (tertiary/aromatic N) is 1. The van der Waals surface area contributed by atoms with Gasteiger partial charge in [0.2, 0.25) is 0 Å². The minimum Gasteiger partial charge on any atom is -0.496 e. The number of carbonyl (C=O) groups excluding carboxylic acids is 2. The van der Waals surface area contributed by atoms with E-state index in [9.17, 15) is 9.59 Å². The van der Waals surface area contributed by atoms with Crippen LogP contribution < -0.4 is 10.1 Å². The van der Waals surface area contributed by atoms with Crippen molar-refractivity contribution >= 4 is 11.7 Å². The van der Waals surface area contributed by atoms with Crippen LogP contribution in [-0.2, 0) is 11.2 Å². The number of allylic oxidation sites excluding steroid dienone is 1. The molecule has 5 nitrogen and oxygen atoms in total. The number of ketones is 1. The maximum Gasteiger partial charge on any atom is 0.253 e. The monoisotopic (exact) mass is 452 g/mol. The zero-order chi connectivity index (χ0) is 24.8. The number of ether oxygens (including phenoxy) is 1. The fraction of sp³-hybridized carbons (Fsp3) is 0.464. The highest BCUT2D eigenvalue weighted by molar-refractivity contribution is 5.98. The number of amides is 1. The lowest BCUT2D eigenvalue weighted by Gasteiger charge is -2.19. The lowest BCUT2D eigenvalue weighted by Crippen LogP contribution is -2.42. The fourth-order valence-electron chi connectivity index (χ4n) is 3.27. The number of hydrogen-bond donors (Lipinski definition) is 1. The molecule has 1 amide bonds. The van der Waals surface area contributed by atoms with Gasteiger partial charge in [-0.25, -0.2) is 0 Å². The van der Waals surface area contributed by atoms with Gasteiger partial charge >= 0.3 is 0 Å². The van der Waals surface area contributed by atoms with Crippen LogP contribution in [0.25, 0.3) is 0 Å². The number of Topliss-reactive ketones (excluding diaryl/α,β-unsaturated/α-hetero) is 1. The third kappa shape index (κ3) is 10.0. The Bertz CT molecular complexity index is 874. The van der Waals surface area contributed by atoms with Crippen molar-refractivity contribution in [1.29, 1.82) is 0 Å². The van der Waals surface area contributed by atoms with Crippen LogP contribution in [0.3, 0.4) is 0 Å². The first-order valence-electron chi connectivity index (χ1n) is 11.8. The van der Waals surface area contributed by atoms with Crippen LogP contribution in [0.1, 0.15) is 68.4 Å². The molecule has 3 rings (SSSR count). The Hall–Kier alpha value is -2.95. The number of aromatic nitrogens is 1. The molecule has 2 aromatic rings. The largest absolute Gasteiger partial charge is 0.496 e. The van der Waals surface area contributed by atoms with E-state index in [1.807, 2.05) is 26.8 Å². The molecule has 1 aromatic carbocycles. The Morgan fingerprint density at radius 1 is 1.24 bits per heavy atom. The van der Waals surface area contributed by atoms with E-state index in [4.69, 9.17) is 4.74 Å². The summed E-state index contributed by atoms with van der Waals surface area (Å²) in [4.78, 5) is 28.2. The second-order valence-electron chi connectivity index (χ2n) is 8.37. The fourth-order valence-corrected chi connectivity index (χ4v) is 3.27. The van der Waals surface area contributed by atoms with E-state index in [2.05, 4.69) is 48.9 Å². The minimum absolute atomic E-state index is 0.165. The van der Waals surface area contributed by atoms with E-state index >= 15 is 0 Å². The highest BCUT2D eigenvalue weighted by Gasteiger charge is 2.35. The van der Waals surface area contributed by atoms with Crippen LogP contribution >= 0.6 is 0 Å². The van der Waals surface area contributed by atoms with Crippen LogP contribution in [0.4, 0.5) is 0 Å². The number of methoxy groups -OCH3 is 1. The van der Waals surface area contributed by atoms with Gasteiger partial charge in [-0.3, -0.25) is 14.6 Å². The molecule has 0 saturated heterocycles. The lowest BCUT2D eigenvalue weighted by molar-refractivity contribution is -0.122. The van der Waals surface area contributed by atoms with Gasteiger partial charge in [0, 0.05) is 18.3 Å². The Morgan fingerprint density at radius 2 is 1.94 bits per heavy atom. The summed E-state index contributed by atoms with van der Waals surface area (Å²) in [5.41, 5.74) is 2.91. The molecule has 0 aliphatic heterocycles. The predicted octanol–water partition coefficient (Wildman–Crippen LogP) is 5.96. The maximum absolute atomic E-state index is 12.2. The van der Waals surface area contributed by atoms with Crippen molar-refractivity contribution in [2.45, 2.75) is 66.3 Å². The SMILES string of the molecule is C=CCc1ccc(C)c(OC)c1.CC.CC(C)CC(NC(=O)c1cccnc1)C(=O)C1CC1. The Balaban J connectivity index is 0.000000335. The van der Waals surface area contributed by atoms with E-state index in [0.29, 0.717) is 17.9 Å². The van der Waals surface area contributed by atoms with Gasteiger partial charge in [-0.2, -0.15) is 0 Å². The molecule has 1 aliphatic carbocycles. The van der Waals surface area contributed by atoms with Crippen molar-refractivity contribution in [1.82, 2.24) is 10.3 Å². The summed E-state index contributed by atoms with van der Waals surface area (Å²) < 4.78 is 5.20. The smallest absolute Gasteiger partial charge is 0.253 e. The summed E-state index contributed by atoms with van der Waals surface area (Å²) in [5.74, 6) is 1.47. The maximum atomic E-state index is 12.2. The van der Waals surface area contributed by atoms with Gasteiger partial charge < -0.3 is 10.1 Å². The molecule has 180 valence electrons. The van der Waals surface area contributed by atoms with Crippen LogP contribution in [0.2, 0.25) is 0 Å². The number of pyridine rings is 1. The normalized spacial score (nSPS) is 12.9. The topological polar surface area (TPSA) is 68.3 Å². The molecule has 33 heavy (non-hydrogen) atoms. The number of hydrogen-bond acceptors (Lipinski definition) is 4. The standard InChI is InChI=1S/C15H20N2O2.C11H14O.C2H6/c1-10(2)8-13(14(18)11-5-6-11)17-15(19)12-4-3-7-16-9-12;1-4-5-10-7-6-9(2)11(8-10)12-3;1-2/h3-4,7,9-11,13H,5-6,8H2,1-2H3,(H,17,19);4,6-8H,1,5H2,2-3H3;1-2H3. The highest BCUT2D eigenvalue weighted by Crippen LogP contribution is 2.32. The summed E-state index contributed by atoms with van der Waals surface area (Å²) >= 11 is 0. The van der Waals surface area contributed by atoms with Crippen LogP contribution in [-0.4, -0.2) is 29.8 Å². The van der Waals surface area contributed by atoms with E-state index in [1.54, 1.807) is 25.4 Å². The van der Waals surface area contributed by atoms with Gasteiger partial charge in [0.15, 0.2) is 5.78 Å². The zero-order valence-corrected chi connectivity index (χ0v) is 21.1. The van der Waals surface area contributed by atoms with E-state index < -0.39 is 0 Å². The highest BCUT2D eigenvalue weighted by atomic mass is 16.5. The average Bonchev–Trinajstić information content (AvgIpc) is 3.67. The van der Waals surface area contributed by atoms with Crippen LogP contribution in [0.15, 0.2) is 55.4 Å². The first-order valence-corrected chi connectivity index (χ1v) is 11.8. The van der Waals surface area contributed by atoms with Gasteiger partial charge in [-0.05, 0) is 67.9 Å². The number of aryl methyl sites for hydroxylation is 1. The van der Waals surface area contributed by atoms with Gasteiger partial charge in [-0.15, -0.1) is 6.58 Å². The van der Waals surface area contributed by atoms with E-state index in [-0.39, 0.29) is 23.7 Å². The Labute approximate surface area is 199 Å². The Kier molecular flexibility index (Phi) is 12.8. The first kappa shape index (κ1) is 28.1. The van der Waals surface area contributed by atoms with Crippen molar-refractivity contribution in [3.8, 4) is 5.75 Å². The number of nitrogens with one attached hydrogen (secondary N) is 1. The summed E-state index contributed by atoms with van der Waals surface area (Å²) in [6.45, 7) is 13.8. The predicted molar refractivity (Wildman–Crippen MR) is 136 cm³/mol. The molecule has 0 bridgehead atoms. The molecule has 1 N–H and O–H groups in total. The summed E-state index contributed by atoms with van der Waals surface area (Å²) in [6.07, 6.45) is 8.57. The van der Waals surface area contributed by atoms with Crippen molar-refractivity contribution in [2.24, 2.45) is 11.8 Å². The van der Waals surface area contributed by atoms with Crippen molar-refractivity contribution in [2.75, 3.05) is 7.11 Å². The van der Waals surface area contributed by atoms with Crippen LogP contribution in [0.5, 0.6) is 5.75 Å². The summed E-state index contributed by atoms with van der Waals surface area (Å²) in [6, 6.07) is 9.28. The molecule has 1 aromatic heterocycles. The molecule has 1 aliphatic rings. The van der Waals surface area contributed by atoms with Gasteiger partial charge in [-0.1, -0.05) is 45.9 Å². The van der Waals surface area contributed by atoms with Crippen molar-refractivity contribution < 1.29 is 14.3 Å². The Morgan fingerprint density at radius 3 is 2.45 bits per heavy atom. The molecule has 1 saturated carbocycles. The van der Waals surface area contributed by atoms with Gasteiger partial charge in [0.1, 0.15) is 5.75 Å². The van der Waals surface area contributed by atoms with E-state index in [0.717, 1.165) is 25.0 Å². The summed E-state index contributed by atoms with van der Waals surface area (Å²) in [7, 11) is 1.69. The third-order valence-electron chi connectivity index (χ3n) is 5.11. The number of benzene rings is 1. The minimum atomic E-state index is -0.361. The molecule has 5 heteroatoms. The zero-order valence-electron chi connectivity index (χ0n) is 21.1. The second kappa shape index (κ2) is 15.0. The van der Waals surface area contributed by atoms with Gasteiger partial charge in [0.05, 0.1) is 18.7 Å². The molecular weight excluding hydrogens is 412 g/mol. The summed E-state index contributed by atoms with van der Waals surface area (Å²) in [5, 5.41) is 2.86. The van der Waals surface area contributed by atoms with Crippen LogP contribution in [0, 0.1) is 18.8 Å². The van der Waals surface area contributed by atoms with Crippen molar-refractivity contribution in [3.05, 3.63) is 72.1 Å². The molecule has 0 spiro atoms. The van der Waals surface area contributed by atoms with Gasteiger partial charge in [0.25, 0.3) is 5.91 Å². The average molecular weight is 453 g/mol. The molecule has 1 atom stereocenters. The quantitative estimate of drug-likeness (QED) is 0.476. The third-order valence-corrected chi connectivity index (χ3v) is 5.11. The number of carbonyl (C=O) groups is 2. The number of rotatable bonds is 9. The molecule has 1 unspecified atom stereocenters. The van der Waals surface area contributed by atoms with E-state index in [1.165, 1.54) is 17.3 Å².